The molecular formula is C16H18N2O4. The lowest BCUT2D eigenvalue weighted by Gasteiger charge is -2.29. The first-order valence-electron chi connectivity index (χ1n) is 7.47. The van der Waals surface area contributed by atoms with E-state index in [1.807, 2.05) is 18.2 Å². The highest BCUT2D eigenvalue weighted by molar-refractivity contribution is 6.01. The summed E-state index contributed by atoms with van der Waals surface area (Å²) in [6.07, 6.45) is 2.17. The number of hydrogen-bond acceptors (Lipinski definition) is 3. The fourth-order valence-corrected chi connectivity index (χ4v) is 3.22. The molecule has 0 saturated carbocycles. The van der Waals surface area contributed by atoms with Crippen molar-refractivity contribution >= 4 is 17.8 Å². The summed E-state index contributed by atoms with van der Waals surface area (Å²) in [5.41, 5.74) is 1.57. The summed E-state index contributed by atoms with van der Waals surface area (Å²) in [7, 11) is 0. The molecule has 2 aliphatic heterocycles. The molecular weight excluding hydrogens is 284 g/mol. The number of carboxylic acids is 1. The zero-order valence-electron chi connectivity index (χ0n) is 12.2. The molecule has 2 amide bonds. The van der Waals surface area contributed by atoms with E-state index in [0.29, 0.717) is 25.1 Å². The molecule has 1 N–H and O–H groups in total. The quantitative estimate of drug-likeness (QED) is 0.907. The van der Waals surface area contributed by atoms with Gasteiger partial charge >= 0.3 is 5.97 Å². The van der Waals surface area contributed by atoms with E-state index < -0.39 is 12.0 Å². The van der Waals surface area contributed by atoms with Gasteiger partial charge < -0.3 is 14.9 Å². The Kier molecular flexibility index (Phi) is 3.83. The molecule has 1 fully saturated rings. The zero-order chi connectivity index (χ0) is 15.7. The molecule has 1 atom stereocenters. The molecule has 1 aromatic rings. The van der Waals surface area contributed by atoms with Crippen LogP contribution >= 0.6 is 0 Å². The van der Waals surface area contributed by atoms with E-state index in [1.54, 1.807) is 11.0 Å². The van der Waals surface area contributed by atoms with Gasteiger partial charge in [-0.25, -0.2) is 0 Å². The summed E-state index contributed by atoms with van der Waals surface area (Å²) in [5.74, 6) is -1.41. The summed E-state index contributed by atoms with van der Waals surface area (Å²) >= 11 is 0. The van der Waals surface area contributed by atoms with Crippen molar-refractivity contribution in [2.24, 2.45) is 0 Å². The molecule has 2 heterocycles. The molecule has 0 aromatic heterocycles. The average Bonchev–Trinajstić information content (AvgIpc) is 2.72. The van der Waals surface area contributed by atoms with Gasteiger partial charge in [0.15, 0.2) is 0 Å². The number of aliphatic carboxylic acids is 1. The summed E-state index contributed by atoms with van der Waals surface area (Å²) in [5, 5.41) is 8.95. The second-order valence-corrected chi connectivity index (χ2v) is 5.76. The fraction of sp³-hybridized carbons (Fsp3) is 0.438. The first-order valence-corrected chi connectivity index (χ1v) is 7.47. The summed E-state index contributed by atoms with van der Waals surface area (Å²) < 4.78 is 0. The third kappa shape index (κ3) is 2.56. The minimum absolute atomic E-state index is 0.133. The second kappa shape index (κ2) is 5.79. The highest BCUT2D eigenvalue weighted by Gasteiger charge is 2.39. The summed E-state index contributed by atoms with van der Waals surface area (Å²) in [6.45, 7) is 0.563. The predicted molar refractivity (Wildman–Crippen MR) is 78.2 cm³/mol. The van der Waals surface area contributed by atoms with E-state index in [-0.39, 0.29) is 18.4 Å². The lowest BCUT2D eigenvalue weighted by molar-refractivity contribution is -0.146. The number of nitrogens with zero attached hydrogens (tertiary/aromatic N) is 2. The Morgan fingerprint density at radius 1 is 1.23 bits per heavy atom. The van der Waals surface area contributed by atoms with Crippen LogP contribution in [0.15, 0.2) is 24.3 Å². The lowest BCUT2D eigenvalue weighted by Crippen LogP contribution is -2.49. The number of rotatable bonds is 3. The number of carboxylic acid groups (broad SMARTS) is 1. The Morgan fingerprint density at radius 3 is 2.73 bits per heavy atom. The van der Waals surface area contributed by atoms with Crippen LogP contribution in [-0.2, 0) is 16.1 Å². The van der Waals surface area contributed by atoms with E-state index in [9.17, 15) is 14.4 Å². The number of carbonyl (C=O) groups is 3. The normalized spacial score (nSPS) is 21.7. The molecule has 1 saturated heterocycles. The summed E-state index contributed by atoms with van der Waals surface area (Å²) in [4.78, 5) is 39.0. The first-order chi connectivity index (χ1) is 10.6. The van der Waals surface area contributed by atoms with Crippen LogP contribution in [0.3, 0.4) is 0 Å². The molecule has 116 valence electrons. The van der Waals surface area contributed by atoms with E-state index in [4.69, 9.17) is 5.11 Å². The van der Waals surface area contributed by atoms with Crippen LogP contribution in [-0.4, -0.2) is 51.8 Å². The molecule has 6 heteroatoms. The minimum atomic E-state index is -1.02. The van der Waals surface area contributed by atoms with Gasteiger partial charge in [-0.05, 0) is 30.9 Å². The van der Waals surface area contributed by atoms with Crippen molar-refractivity contribution in [3.8, 4) is 0 Å². The van der Waals surface area contributed by atoms with Crippen molar-refractivity contribution in [2.75, 3.05) is 13.1 Å². The third-order valence-corrected chi connectivity index (χ3v) is 4.30. The van der Waals surface area contributed by atoms with Crippen LogP contribution in [0.4, 0.5) is 0 Å². The third-order valence-electron chi connectivity index (χ3n) is 4.30. The number of hydrogen-bond donors (Lipinski definition) is 1. The van der Waals surface area contributed by atoms with Crippen LogP contribution in [0.2, 0.25) is 0 Å². The lowest BCUT2D eigenvalue weighted by atomic mass is 10.1. The number of carbonyl (C=O) groups excluding carboxylic acids is 2. The molecule has 22 heavy (non-hydrogen) atoms. The topological polar surface area (TPSA) is 77.9 Å². The monoisotopic (exact) mass is 302 g/mol. The molecule has 2 aliphatic rings. The van der Waals surface area contributed by atoms with Gasteiger partial charge in [-0.3, -0.25) is 14.4 Å². The second-order valence-electron chi connectivity index (χ2n) is 5.76. The van der Waals surface area contributed by atoms with E-state index >= 15 is 0 Å². The predicted octanol–water partition coefficient (Wildman–Crippen LogP) is 1.11. The fourth-order valence-electron chi connectivity index (χ4n) is 3.22. The van der Waals surface area contributed by atoms with Crippen molar-refractivity contribution in [1.29, 1.82) is 0 Å². The van der Waals surface area contributed by atoms with Gasteiger partial charge in [-0.15, -0.1) is 0 Å². The molecule has 0 spiro atoms. The number of amides is 2. The molecule has 1 aromatic carbocycles. The standard InChI is InChI=1S/C16H18N2O4/c19-14(20)10-17-8-4-3-7-13(16(17)22)18-9-11-5-1-2-6-12(11)15(18)21/h1-2,5-6,13H,3-4,7-10H2,(H,19,20)/t13-/m0/s1. The van der Waals surface area contributed by atoms with Crippen LogP contribution in [0.5, 0.6) is 0 Å². The molecule has 3 rings (SSSR count). The average molecular weight is 302 g/mol. The van der Waals surface area contributed by atoms with E-state index in [2.05, 4.69) is 0 Å². The van der Waals surface area contributed by atoms with Crippen molar-refractivity contribution in [3.05, 3.63) is 35.4 Å². The van der Waals surface area contributed by atoms with Crippen LogP contribution in [0.1, 0.15) is 35.2 Å². The molecule has 6 nitrogen and oxygen atoms in total. The Hall–Kier alpha value is -2.37. The Labute approximate surface area is 128 Å². The van der Waals surface area contributed by atoms with Gasteiger partial charge in [0.2, 0.25) is 5.91 Å². The highest BCUT2D eigenvalue weighted by Crippen LogP contribution is 2.28. The van der Waals surface area contributed by atoms with Crippen LogP contribution in [0.25, 0.3) is 0 Å². The van der Waals surface area contributed by atoms with Crippen LogP contribution < -0.4 is 0 Å². The number of fused-ring (bicyclic) bond motifs is 1. The smallest absolute Gasteiger partial charge is 0.323 e. The van der Waals surface area contributed by atoms with Gasteiger partial charge in [0, 0.05) is 18.7 Å². The molecule has 0 radical (unpaired) electrons. The van der Waals surface area contributed by atoms with Gasteiger partial charge in [0.1, 0.15) is 12.6 Å². The Bertz CT molecular complexity index is 628. The minimum Gasteiger partial charge on any atom is -0.480 e. The summed E-state index contributed by atoms with van der Waals surface area (Å²) in [6, 6.07) is 6.80. The maximum absolute atomic E-state index is 12.6. The molecule has 0 bridgehead atoms. The highest BCUT2D eigenvalue weighted by atomic mass is 16.4. The molecule has 0 aliphatic carbocycles. The van der Waals surface area contributed by atoms with Crippen molar-refractivity contribution in [1.82, 2.24) is 9.80 Å². The SMILES string of the molecule is O=C(O)CN1CCCC[C@H](N2Cc3ccccc3C2=O)C1=O. The van der Waals surface area contributed by atoms with E-state index in [1.165, 1.54) is 4.90 Å². The number of benzene rings is 1. The Balaban J connectivity index is 1.83. The van der Waals surface area contributed by atoms with E-state index in [0.717, 1.165) is 18.4 Å². The first kappa shape index (κ1) is 14.6. The zero-order valence-corrected chi connectivity index (χ0v) is 12.2. The van der Waals surface area contributed by atoms with Gasteiger partial charge in [0.25, 0.3) is 5.91 Å². The maximum atomic E-state index is 12.6. The van der Waals surface area contributed by atoms with Crippen LogP contribution in [0, 0.1) is 0 Å². The van der Waals surface area contributed by atoms with Crippen molar-refractivity contribution in [3.63, 3.8) is 0 Å². The maximum Gasteiger partial charge on any atom is 0.323 e. The largest absolute Gasteiger partial charge is 0.480 e. The number of likely N-dealkylation sites (tertiary alicyclic amines) is 1. The van der Waals surface area contributed by atoms with Crippen molar-refractivity contribution < 1.29 is 19.5 Å². The van der Waals surface area contributed by atoms with Gasteiger partial charge in [-0.1, -0.05) is 18.2 Å². The van der Waals surface area contributed by atoms with Crippen molar-refractivity contribution in [2.45, 2.75) is 31.8 Å². The van der Waals surface area contributed by atoms with Gasteiger partial charge in [0.05, 0.1) is 0 Å². The molecule has 0 unspecified atom stereocenters. The Morgan fingerprint density at radius 2 is 2.00 bits per heavy atom. The van der Waals surface area contributed by atoms with Gasteiger partial charge in [-0.2, -0.15) is 0 Å².